The van der Waals surface area contributed by atoms with Crippen LogP contribution in [-0.4, -0.2) is 28.4 Å². The van der Waals surface area contributed by atoms with Crippen LogP contribution in [0.25, 0.3) is 0 Å². The lowest BCUT2D eigenvalue weighted by Gasteiger charge is -2.21. The molecule has 4 nitrogen and oxygen atoms in total. The highest BCUT2D eigenvalue weighted by molar-refractivity contribution is 6.32. The van der Waals surface area contributed by atoms with E-state index in [-0.39, 0.29) is 13.0 Å². The molecule has 2 N–H and O–H groups in total. The number of carboxylic acids is 1. The van der Waals surface area contributed by atoms with Crippen LogP contribution in [0.2, 0.25) is 5.02 Å². The van der Waals surface area contributed by atoms with Gasteiger partial charge in [-0.05, 0) is 31.5 Å². The lowest BCUT2D eigenvalue weighted by atomic mass is 10.0. The van der Waals surface area contributed by atoms with Gasteiger partial charge < -0.3 is 14.9 Å². The van der Waals surface area contributed by atoms with Gasteiger partial charge in [0.2, 0.25) is 0 Å². The van der Waals surface area contributed by atoms with Gasteiger partial charge >= 0.3 is 5.97 Å². The van der Waals surface area contributed by atoms with E-state index in [0.717, 1.165) is 5.56 Å². The highest BCUT2D eigenvalue weighted by Gasteiger charge is 2.25. The standard InChI is InChI=1S/C12H15ClO4/c1-8-3-4-9(13)10(5-8)17-7-12(2,16)6-11(14)15/h3-5,16H,6-7H2,1-2H3,(H,14,15). The van der Waals surface area contributed by atoms with Crippen LogP contribution in [0.4, 0.5) is 0 Å². The molecule has 0 aliphatic heterocycles. The second kappa shape index (κ2) is 5.38. The maximum atomic E-state index is 10.5. The average molecular weight is 259 g/mol. The van der Waals surface area contributed by atoms with Crippen molar-refractivity contribution in [3.05, 3.63) is 28.8 Å². The molecule has 0 heterocycles. The predicted molar refractivity (Wildman–Crippen MR) is 64.6 cm³/mol. The second-order valence-electron chi connectivity index (χ2n) is 4.29. The van der Waals surface area contributed by atoms with Crippen LogP contribution in [0, 0.1) is 6.92 Å². The minimum atomic E-state index is -1.42. The zero-order valence-corrected chi connectivity index (χ0v) is 10.5. The summed E-state index contributed by atoms with van der Waals surface area (Å²) in [6.45, 7) is 3.17. The highest BCUT2D eigenvalue weighted by atomic mass is 35.5. The third-order valence-electron chi connectivity index (χ3n) is 2.16. The first-order chi connectivity index (χ1) is 7.80. The quantitative estimate of drug-likeness (QED) is 0.850. The van der Waals surface area contributed by atoms with Crippen LogP contribution in [-0.2, 0) is 4.79 Å². The van der Waals surface area contributed by atoms with Gasteiger partial charge in [0.25, 0.3) is 0 Å². The highest BCUT2D eigenvalue weighted by Crippen LogP contribution is 2.26. The number of aliphatic hydroxyl groups is 1. The Morgan fingerprint density at radius 2 is 2.18 bits per heavy atom. The topological polar surface area (TPSA) is 66.8 Å². The first kappa shape index (κ1) is 13.8. The van der Waals surface area contributed by atoms with Crippen molar-refractivity contribution in [2.75, 3.05) is 6.61 Å². The van der Waals surface area contributed by atoms with Crippen LogP contribution in [0.3, 0.4) is 0 Å². The van der Waals surface area contributed by atoms with E-state index in [1.165, 1.54) is 6.92 Å². The van der Waals surface area contributed by atoms with Gasteiger partial charge in [0, 0.05) is 0 Å². The van der Waals surface area contributed by atoms with E-state index in [0.29, 0.717) is 10.8 Å². The summed E-state index contributed by atoms with van der Waals surface area (Å²) in [7, 11) is 0. The molecule has 0 radical (unpaired) electrons. The second-order valence-corrected chi connectivity index (χ2v) is 4.70. The van der Waals surface area contributed by atoms with Gasteiger partial charge in [0.15, 0.2) is 0 Å². The molecule has 0 aliphatic carbocycles. The number of hydrogen-bond donors (Lipinski definition) is 2. The third kappa shape index (κ3) is 4.63. The number of benzene rings is 1. The van der Waals surface area contributed by atoms with Crippen LogP contribution in [0.5, 0.6) is 5.75 Å². The smallest absolute Gasteiger partial charge is 0.306 e. The van der Waals surface area contributed by atoms with Gasteiger partial charge in [-0.2, -0.15) is 0 Å². The van der Waals surface area contributed by atoms with Crippen LogP contribution >= 0.6 is 11.6 Å². The molecule has 0 bridgehead atoms. The SMILES string of the molecule is Cc1ccc(Cl)c(OCC(C)(O)CC(=O)O)c1. The molecule has 94 valence electrons. The van der Waals surface area contributed by atoms with Crippen molar-refractivity contribution in [1.82, 2.24) is 0 Å². The molecule has 0 aliphatic rings. The molecule has 1 rings (SSSR count). The molecule has 1 aromatic carbocycles. The minimum absolute atomic E-state index is 0.123. The Labute approximate surface area is 105 Å². The van der Waals surface area contributed by atoms with Crippen LogP contribution in [0.1, 0.15) is 18.9 Å². The largest absolute Gasteiger partial charge is 0.489 e. The Balaban J connectivity index is 2.66. The summed E-state index contributed by atoms with van der Waals surface area (Å²) in [4.78, 5) is 10.5. The van der Waals surface area contributed by atoms with Crippen molar-refractivity contribution in [3.63, 3.8) is 0 Å². The van der Waals surface area contributed by atoms with Gasteiger partial charge in [0.1, 0.15) is 18.0 Å². The molecule has 0 aromatic heterocycles. The molecule has 0 fully saturated rings. The molecule has 1 unspecified atom stereocenters. The zero-order valence-electron chi connectivity index (χ0n) is 9.74. The Morgan fingerprint density at radius 1 is 1.53 bits per heavy atom. The van der Waals surface area contributed by atoms with Crippen molar-refractivity contribution in [3.8, 4) is 5.75 Å². The number of aliphatic carboxylic acids is 1. The number of aryl methyl sites for hydroxylation is 1. The molecule has 0 saturated carbocycles. The van der Waals surface area contributed by atoms with E-state index in [1.807, 2.05) is 13.0 Å². The summed E-state index contributed by atoms with van der Waals surface area (Å²) in [6.07, 6.45) is -0.379. The molecular formula is C12H15ClO4. The lowest BCUT2D eigenvalue weighted by molar-refractivity contribution is -0.143. The first-order valence-corrected chi connectivity index (χ1v) is 5.51. The third-order valence-corrected chi connectivity index (χ3v) is 2.47. The van der Waals surface area contributed by atoms with Crippen molar-refractivity contribution >= 4 is 17.6 Å². The van der Waals surface area contributed by atoms with Crippen LogP contribution < -0.4 is 4.74 Å². The molecule has 1 aromatic rings. The number of carboxylic acid groups (broad SMARTS) is 1. The molecular weight excluding hydrogens is 244 g/mol. The lowest BCUT2D eigenvalue weighted by Crippen LogP contribution is -2.34. The summed E-state index contributed by atoms with van der Waals surface area (Å²) >= 11 is 5.91. The maximum Gasteiger partial charge on any atom is 0.306 e. The number of carbonyl (C=O) groups is 1. The van der Waals surface area contributed by atoms with E-state index < -0.39 is 11.6 Å². The normalized spacial score (nSPS) is 14.1. The maximum absolute atomic E-state index is 10.5. The Kier molecular flexibility index (Phi) is 4.37. The average Bonchev–Trinajstić information content (AvgIpc) is 2.17. The summed E-state index contributed by atoms with van der Waals surface area (Å²) in [5.41, 5.74) is -0.443. The van der Waals surface area contributed by atoms with E-state index in [4.69, 9.17) is 21.4 Å². The summed E-state index contributed by atoms with van der Waals surface area (Å²) in [5, 5.41) is 18.8. The fourth-order valence-corrected chi connectivity index (χ4v) is 1.50. The van der Waals surface area contributed by atoms with Crippen molar-refractivity contribution in [2.45, 2.75) is 25.9 Å². The van der Waals surface area contributed by atoms with Crippen LogP contribution in [0.15, 0.2) is 18.2 Å². The molecule has 17 heavy (non-hydrogen) atoms. The summed E-state index contributed by atoms with van der Waals surface area (Å²) in [6, 6.07) is 5.27. The zero-order chi connectivity index (χ0) is 13.1. The Morgan fingerprint density at radius 3 is 2.76 bits per heavy atom. The molecule has 0 amide bonds. The Hall–Kier alpha value is -1.26. The van der Waals surface area contributed by atoms with E-state index in [2.05, 4.69) is 0 Å². The minimum Gasteiger partial charge on any atom is -0.489 e. The first-order valence-electron chi connectivity index (χ1n) is 5.13. The molecule has 0 spiro atoms. The monoisotopic (exact) mass is 258 g/mol. The predicted octanol–water partition coefficient (Wildman–Crippen LogP) is 2.25. The van der Waals surface area contributed by atoms with Gasteiger partial charge in [-0.15, -0.1) is 0 Å². The van der Waals surface area contributed by atoms with E-state index in [9.17, 15) is 9.90 Å². The van der Waals surface area contributed by atoms with E-state index in [1.54, 1.807) is 12.1 Å². The fraction of sp³-hybridized carbons (Fsp3) is 0.417. The summed E-state index contributed by atoms with van der Waals surface area (Å²) < 4.78 is 5.34. The summed E-state index contributed by atoms with van der Waals surface area (Å²) in [5.74, 6) is -0.633. The molecule has 1 atom stereocenters. The van der Waals surface area contributed by atoms with E-state index >= 15 is 0 Å². The van der Waals surface area contributed by atoms with Crippen molar-refractivity contribution in [1.29, 1.82) is 0 Å². The van der Waals surface area contributed by atoms with Gasteiger partial charge in [0.05, 0.1) is 11.4 Å². The van der Waals surface area contributed by atoms with Gasteiger partial charge in [-0.25, -0.2) is 0 Å². The molecule has 5 heteroatoms. The number of rotatable bonds is 5. The van der Waals surface area contributed by atoms with Crippen molar-refractivity contribution in [2.24, 2.45) is 0 Å². The van der Waals surface area contributed by atoms with Gasteiger partial charge in [-0.3, -0.25) is 4.79 Å². The fourth-order valence-electron chi connectivity index (χ4n) is 1.33. The van der Waals surface area contributed by atoms with Gasteiger partial charge in [-0.1, -0.05) is 17.7 Å². The number of hydrogen-bond acceptors (Lipinski definition) is 3. The number of ether oxygens (including phenoxy) is 1. The number of halogens is 1. The molecule has 0 saturated heterocycles. The van der Waals surface area contributed by atoms with Crippen molar-refractivity contribution < 1.29 is 19.7 Å². The Bertz CT molecular complexity index is 415.